The lowest BCUT2D eigenvalue weighted by Crippen LogP contribution is -2.52. The van der Waals surface area contributed by atoms with Gasteiger partial charge in [0.2, 0.25) is 11.8 Å². The van der Waals surface area contributed by atoms with Crippen molar-refractivity contribution < 1.29 is 27.1 Å². The average molecular weight is 570 g/mol. The monoisotopic (exact) mass is 569 g/mol. The molecule has 3 rings (SSSR count). The van der Waals surface area contributed by atoms with Crippen LogP contribution in [0.5, 0.6) is 5.75 Å². The summed E-state index contributed by atoms with van der Waals surface area (Å²) in [7, 11) is -2.79. The zero-order chi connectivity index (χ0) is 29.4. The van der Waals surface area contributed by atoms with Crippen LogP contribution in [0.4, 0.5) is 10.1 Å². The summed E-state index contributed by atoms with van der Waals surface area (Å²) in [6.07, 6.45) is 0.711. The van der Waals surface area contributed by atoms with E-state index in [1.807, 2.05) is 45.0 Å². The van der Waals surface area contributed by atoms with Crippen molar-refractivity contribution in [2.75, 3.05) is 18.0 Å². The van der Waals surface area contributed by atoms with Crippen molar-refractivity contribution in [1.82, 2.24) is 10.2 Å². The number of hydrogen-bond acceptors (Lipinski definition) is 5. The third-order valence-corrected chi connectivity index (χ3v) is 8.47. The molecule has 214 valence electrons. The van der Waals surface area contributed by atoms with Crippen molar-refractivity contribution in [3.8, 4) is 5.75 Å². The average Bonchev–Trinajstić information content (AvgIpc) is 2.95. The van der Waals surface area contributed by atoms with E-state index in [1.165, 1.54) is 48.4 Å². The lowest BCUT2D eigenvalue weighted by molar-refractivity contribution is -0.139. The van der Waals surface area contributed by atoms with Crippen molar-refractivity contribution >= 4 is 27.5 Å². The van der Waals surface area contributed by atoms with Gasteiger partial charge in [-0.3, -0.25) is 13.9 Å². The number of nitrogens with zero attached hydrogens (tertiary/aromatic N) is 2. The van der Waals surface area contributed by atoms with Gasteiger partial charge in [-0.15, -0.1) is 0 Å². The Balaban J connectivity index is 2.01. The van der Waals surface area contributed by atoms with Crippen LogP contribution in [-0.4, -0.2) is 50.9 Å². The Bertz CT molecular complexity index is 1390. The van der Waals surface area contributed by atoms with Gasteiger partial charge in [0.1, 0.15) is 24.2 Å². The van der Waals surface area contributed by atoms with E-state index >= 15 is 0 Å². The summed E-state index contributed by atoms with van der Waals surface area (Å²) in [5, 5.41) is 2.90. The van der Waals surface area contributed by atoms with Gasteiger partial charge >= 0.3 is 0 Å². The smallest absolute Gasteiger partial charge is 0.264 e. The van der Waals surface area contributed by atoms with Crippen molar-refractivity contribution in [1.29, 1.82) is 0 Å². The Morgan fingerprint density at radius 2 is 1.55 bits per heavy atom. The van der Waals surface area contributed by atoms with Gasteiger partial charge < -0.3 is 15.0 Å². The van der Waals surface area contributed by atoms with Gasteiger partial charge in [0.15, 0.2) is 0 Å². The molecule has 0 saturated carbocycles. The molecular weight excluding hydrogens is 533 g/mol. The second-order valence-corrected chi connectivity index (χ2v) is 11.5. The number of benzene rings is 3. The number of hydrogen-bond donors (Lipinski definition) is 1. The van der Waals surface area contributed by atoms with E-state index in [0.717, 1.165) is 27.6 Å². The SMILES string of the molecule is CC[C@H](C)NC(=O)[C@@H](C)N(Cc1ccc(C)cc1)C(=O)CN(c1ccc(F)cc1)S(=O)(=O)c1ccc(OC)cc1. The minimum Gasteiger partial charge on any atom is -0.497 e. The fraction of sp³-hybridized carbons (Fsp3) is 0.333. The van der Waals surface area contributed by atoms with Crippen LogP contribution in [0.1, 0.15) is 38.3 Å². The number of halogens is 1. The Morgan fingerprint density at radius 3 is 2.10 bits per heavy atom. The lowest BCUT2D eigenvalue weighted by atomic mass is 10.1. The molecule has 0 aliphatic heterocycles. The summed E-state index contributed by atoms with van der Waals surface area (Å²) in [6.45, 7) is 6.86. The molecule has 3 aromatic rings. The molecule has 2 atom stereocenters. The predicted molar refractivity (Wildman–Crippen MR) is 153 cm³/mol. The number of methoxy groups -OCH3 is 1. The fourth-order valence-electron chi connectivity index (χ4n) is 3.95. The number of anilines is 1. The summed E-state index contributed by atoms with van der Waals surface area (Å²) >= 11 is 0. The van der Waals surface area contributed by atoms with E-state index in [1.54, 1.807) is 6.92 Å². The molecule has 3 aromatic carbocycles. The molecule has 0 unspecified atom stereocenters. The van der Waals surface area contributed by atoms with Gasteiger partial charge in [0, 0.05) is 12.6 Å². The van der Waals surface area contributed by atoms with Crippen LogP contribution >= 0.6 is 0 Å². The second-order valence-electron chi connectivity index (χ2n) is 9.66. The minimum absolute atomic E-state index is 0.0712. The van der Waals surface area contributed by atoms with Crippen molar-refractivity contribution in [2.45, 2.75) is 57.6 Å². The van der Waals surface area contributed by atoms with Gasteiger partial charge in [-0.05, 0) is 81.3 Å². The zero-order valence-electron chi connectivity index (χ0n) is 23.4. The molecule has 0 aliphatic rings. The van der Waals surface area contributed by atoms with Gasteiger partial charge in [-0.25, -0.2) is 12.8 Å². The first kappa shape index (κ1) is 30.6. The number of aryl methyl sites for hydroxylation is 1. The van der Waals surface area contributed by atoms with Crippen molar-refractivity contribution in [3.05, 3.63) is 89.7 Å². The lowest BCUT2D eigenvalue weighted by Gasteiger charge is -2.32. The molecule has 0 heterocycles. The number of amides is 2. The van der Waals surface area contributed by atoms with Crippen LogP contribution in [-0.2, 0) is 26.2 Å². The summed E-state index contributed by atoms with van der Waals surface area (Å²) in [5.41, 5.74) is 1.93. The number of rotatable bonds is 12. The van der Waals surface area contributed by atoms with Gasteiger partial charge in [0.05, 0.1) is 17.7 Å². The van der Waals surface area contributed by atoms with E-state index in [0.29, 0.717) is 12.2 Å². The van der Waals surface area contributed by atoms with E-state index in [-0.39, 0.29) is 29.1 Å². The highest BCUT2D eigenvalue weighted by molar-refractivity contribution is 7.92. The molecule has 0 fully saturated rings. The summed E-state index contributed by atoms with van der Waals surface area (Å²) in [6, 6.07) is 17.2. The number of carbonyl (C=O) groups excluding carboxylic acids is 2. The van der Waals surface area contributed by atoms with Crippen LogP contribution in [0.2, 0.25) is 0 Å². The third kappa shape index (κ3) is 7.59. The molecule has 1 N–H and O–H groups in total. The van der Waals surface area contributed by atoms with E-state index < -0.39 is 34.3 Å². The maximum atomic E-state index is 13.9. The molecule has 0 saturated heterocycles. The van der Waals surface area contributed by atoms with Crippen LogP contribution in [0.25, 0.3) is 0 Å². The maximum absolute atomic E-state index is 13.9. The summed E-state index contributed by atoms with van der Waals surface area (Å²) < 4.78 is 47.4. The number of ether oxygens (including phenoxy) is 1. The van der Waals surface area contributed by atoms with Gasteiger partial charge in [0.25, 0.3) is 10.0 Å². The van der Waals surface area contributed by atoms with Crippen LogP contribution in [0, 0.1) is 12.7 Å². The Morgan fingerprint density at radius 1 is 0.950 bits per heavy atom. The molecule has 0 aliphatic carbocycles. The molecule has 0 aromatic heterocycles. The topological polar surface area (TPSA) is 96.0 Å². The largest absolute Gasteiger partial charge is 0.497 e. The standard InChI is InChI=1S/C30H36FN3O5S/c1-6-22(3)32-30(36)23(4)33(19-24-9-7-21(2)8-10-24)29(35)20-34(26-13-11-25(31)12-14-26)40(37,38)28-17-15-27(39-5)16-18-28/h7-18,22-23H,6,19-20H2,1-5H3,(H,32,36)/t22-,23+/m0/s1. The Hall–Kier alpha value is -3.92. The molecule has 0 bridgehead atoms. The molecule has 8 nitrogen and oxygen atoms in total. The first-order chi connectivity index (χ1) is 19.0. The van der Waals surface area contributed by atoms with Gasteiger partial charge in [-0.2, -0.15) is 0 Å². The summed E-state index contributed by atoms with van der Waals surface area (Å²) in [5.74, 6) is -1.02. The van der Waals surface area contributed by atoms with E-state index in [9.17, 15) is 22.4 Å². The van der Waals surface area contributed by atoms with Crippen molar-refractivity contribution in [2.24, 2.45) is 0 Å². The highest BCUT2D eigenvalue weighted by Crippen LogP contribution is 2.26. The highest BCUT2D eigenvalue weighted by Gasteiger charge is 2.32. The zero-order valence-corrected chi connectivity index (χ0v) is 24.2. The molecular formula is C30H36FN3O5S. The minimum atomic E-state index is -4.26. The maximum Gasteiger partial charge on any atom is 0.264 e. The molecule has 2 amide bonds. The summed E-state index contributed by atoms with van der Waals surface area (Å²) in [4.78, 5) is 28.3. The Kier molecular flexibility index (Phi) is 10.3. The Labute approximate surface area is 235 Å². The normalized spacial score (nSPS) is 12.8. The van der Waals surface area contributed by atoms with Crippen LogP contribution in [0.15, 0.2) is 77.7 Å². The molecule has 10 heteroatoms. The highest BCUT2D eigenvalue weighted by atomic mass is 32.2. The number of sulfonamides is 1. The number of nitrogens with one attached hydrogen (secondary N) is 1. The number of carbonyl (C=O) groups is 2. The predicted octanol–water partition coefficient (Wildman–Crippen LogP) is 4.67. The third-order valence-electron chi connectivity index (χ3n) is 6.68. The molecule has 40 heavy (non-hydrogen) atoms. The first-order valence-electron chi connectivity index (χ1n) is 13.0. The van der Waals surface area contributed by atoms with Crippen molar-refractivity contribution in [3.63, 3.8) is 0 Å². The van der Waals surface area contributed by atoms with E-state index in [4.69, 9.17) is 4.74 Å². The molecule has 0 spiro atoms. The van der Waals surface area contributed by atoms with Crippen LogP contribution in [0.3, 0.4) is 0 Å². The molecule has 0 radical (unpaired) electrons. The van der Waals surface area contributed by atoms with Crippen LogP contribution < -0.4 is 14.4 Å². The van der Waals surface area contributed by atoms with E-state index in [2.05, 4.69) is 5.32 Å². The second kappa shape index (κ2) is 13.4. The fourth-order valence-corrected chi connectivity index (χ4v) is 5.36. The van der Waals surface area contributed by atoms with Gasteiger partial charge in [-0.1, -0.05) is 36.8 Å². The first-order valence-corrected chi connectivity index (χ1v) is 14.5. The quantitative estimate of drug-likeness (QED) is 0.342.